The van der Waals surface area contributed by atoms with Gasteiger partial charge in [-0.15, -0.1) is 11.8 Å². The number of nitrogens with zero attached hydrogens (tertiary/aromatic N) is 1. The second-order valence-electron chi connectivity index (χ2n) is 3.65. The predicted molar refractivity (Wildman–Crippen MR) is 73.2 cm³/mol. The fourth-order valence-electron chi connectivity index (χ4n) is 1.45. The van der Waals surface area contributed by atoms with Crippen molar-refractivity contribution in [2.75, 3.05) is 6.26 Å². The van der Waals surface area contributed by atoms with Gasteiger partial charge in [-0.1, -0.05) is 18.1 Å². The van der Waals surface area contributed by atoms with Gasteiger partial charge >= 0.3 is 0 Å². The maximum atomic E-state index is 4.35. The van der Waals surface area contributed by atoms with Crippen molar-refractivity contribution < 1.29 is 0 Å². The van der Waals surface area contributed by atoms with Gasteiger partial charge in [0.1, 0.15) is 5.69 Å². The minimum atomic E-state index is 0.819. The van der Waals surface area contributed by atoms with Crippen LogP contribution in [0.3, 0.4) is 0 Å². The van der Waals surface area contributed by atoms with E-state index >= 15 is 0 Å². The van der Waals surface area contributed by atoms with Crippen LogP contribution in [0.2, 0.25) is 0 Å². The lowest BCUT2D eigenvalue weighted by Gasteiger charge is -1.96. The van der Waals surface area contributed by atoms with E-state index in [9.17, 15) is 0 Å². The highest BCUT2D eigenvalue weighted by Gasteiger charge is 1.92. The van der Waals surface area contributed by atoms with Crippen LogP contribution in [0.1, 0.15) is 17.0 Å². The number of benzene rings is 1. The Morgan fingerprint density at radius 2 is 1.88 bits per heavy atom. The quantitative estimate of drug-likeness (QED) is 0.558. The Kier molecular flexibility index (Phi) is 3.85. The average Bonchev–Trinajstić information content (AvgIpc) is 2.37. The van der Waals surface area contributed by atoms with Crippen molar-refractivity contribution in [1.82, 2.24) is 4.98 Å². The molecule has 1 nitrogen and oxygen atoms in total. The highest BCUT2D eigenvalue weighted by Crippen LogP contribution is 2.15. The summed E-state index contributed by atoms with van der Waals surface area (Å²) < 4.78 is 0. The number of aromatic nitrogens is 1. The highest BCUT2D eigenvalue weighted by molar-refractivity contribution is 7.98. The lowest BCUT2D eigenvalue weighted by atomic mass is 10.2. The van der Waals surface area contributed by atoms with E-state index in [-0.39, 0.29) is 0 Å². The Balaban J connectivity index is 2.26. The van der Waals surface area contributed by atoms with Crippen LogP contribution in [-0.2, 0) is 0 Å². The minimum absolute atomic E-state index is 0.819. The van der Waals surface area contributed by atoms with Crippen molar-refractivity contribution in [2.24, 2.45) is 0 Å². The zero-order valence-electron chi connectivity index (χ0n) is 9.90. The van der Waals surface area contributed by atoms with Crippen molar-refractivity contribution in [1.29, 1.82) is 0 Å². The van der Waals surface area contributed by atoms with Gasteiger partial charge in [0.05, 0.1) is 0 Å². The van der Waals surface area contributed by atoms with Crippen LogP contribution < -0.4 is 0 Å². The van der Waals surface area contributed by atoms with Crippen LogP contribution in [-0.4, -0.2) is 11.2 Å². The van der Waals surface area contributed by atoms with Crippen molar-refractivity contribution in [2.45, 2.75) is 11.8 Å². The largest absolute Gasteiger partial charge is 0.245 e. The van der Waals surface area contributed by atoms with Gasteiger partial charge in [-0.2, -0.15) is 0 Å². The molecule has 0 amide bonds. The fraction of sp³-hybridized carbons (Fsp3) is 0.133. The molecular weight excluding hydrogens is 226 g/mol. The first-order valence-electron chi connectivity index (χ1n) is 5.37. The summed E-state index contributed by atoms with van der Waals surface area (Å²) in [7, 11) is 0. The van der Waals surface area contributed by atoms with Gasteiger partial charge in [0.2, 0.25) is 0 Å². The molecule has 0 N–H and O–H groups in total. The fourth-order valence-corrected chi connectivity index (χ4v) is 1.91. The number of hydrogen-bond acceptors (Lipinski definition) is 2. The van der Waals surface area contributed by atoms with Crippen molar-refractivity contribution in [3.8, 4) is 11.8 Å². The number of aryl methyl sites for hydroxylation is 1. The number of rotatable bonds is 1. The molecule has 84 valence electrons. The van der Waals surface area contributed by atoms with Crippen LogP contribution in [0, 0.1) is 18.8 Å². The lowest BCUT2D eigenvalue weighted by Crippen LogP contribution is -1.84. The van der Waals surface area contributed by atoms with Crippen LogP contribution >= 0.6 is 11.8 Å². The van der Waals surface area contributed by atoms with E-state index in [2.05, 4.69) is 35.2 Å². The van der Waals surface area contributed by atoms with Gasteiger partial charge in [0.25, 0.3) is 0 Å². The summed E-state index contributed by atoms with van der Waals surface area (Å²) in [5.74, 6) is 6.22. The molecule has 0 aliphatic heterocycles. The monoisotopic (exact) mass is 239 g/mol. The first-order valence-corrected chi connectivity index (χ1v) is 6.60. The Labute approximate surface area is 106 Å². The molecule has 1 aromatic heterocycles. The molecule has 2 aromatic rings. The summed E-state index contributed by atoms with van der Waals surface area (Å²) in [5, 5.41) is 0. The topological polar surface area (TPSA) is 12.9 Å². The van der Waals surface area contributed by atoms with E-state index in [1.807, 2.05) is 37.3 Å². The van der Waals surface area contributed by atoms with E-state index < -0.39 is 0 Å². The molecule has 0 bridgehead atoms. The van der Waals surface area contributed by atoms with E-state index in [0.29, 0.717) is 0 Å². The molecule has 0 saturated heterocycles. The first kappa shape index (κ1) is 11.8. The summed E-state index contributed by atoms with van der Waals surface area (Å²) in [6.07, 6.45) is 2.06. The molecule has 0 fully saturated rings. The third-order valence-corrected chi connectivity index (χ3v) is 3.02. The maximum Gasteiger partial charge on any atom is 0.113 e. The third-order valence-electron chi connectivity index (χ3n) is 2.29. The van der Waals surface area contributed by atoms with Gasteiger partial charge in [0, 0.05) is 16.2 Å². The number of hydrogen-bond donors (Lipinski definition) is 0. The van der Waals surface area contributed by atoms with Crippen LogP contribution in [0.5, 0.6) is 0 Å². The molecule has 0 radical (unpaired) electrons. The summed E-state index contributed by atoms with van der Waals surface area (Å²) in [6, 6.07) is 14.1. The maximum absolute atomic E-state index is 4.35. The Morgan fingerprint density at radius 3 is 2.65 bits per heavy atom. The molecule has 2 rings (SSSR count). The van der Waals surface area contributed by atoms with E-state index in [1.54, 1.807) is 11.8 Å². The smallest absolute Gasteiger partial charge is 0.113 e. The Bertz CT molecular complexity index is 579. The first-order chi connectivity index (χ1) is 8.28. The summed E-state index contributed by atoms with van der Waals surface area (Å²) in [4.78, 5) is 5.58. The molecule has 0 aliphatic carbocycles. The minimum Gasteiger partial charge on any atom is -0.245 e. The van der Waals surface area contributed by atoms with Crippen LogP contribution in [0.25, 0.3) is 0 Å². The standard InChI is InChI=1S/C15H13NS/c1-12-5-3-7-14(16-12)10-9-13-6-4-8-15(11-13)17-2/h3-8,11H,1-2H3. The van der Waals surface area contributed by atoms with Gasteiger partial charge in [0.15, 0.2) is 0 Å². The average molecular weight is 239 g/mol. The van der Waals surface area contributed by atoms with Gasteiger partial charge in [-0.3, -0.25) is 0 Å². The van der Waals surface area contributed by atoms with Crippen LogP contribution in [0.4, 0.5) is 0 Å². The lowest BCUT2D eigenvalue weighted by molar-refractivity contribution is 1.18. The van der Waals surface area contributed by atoms with E-state index in [1.165, 1.54) is 4.90 Å². The number of pyridine rings is 1. The molecule has 17 heavy (non-hydrogen) atoms. The van der Waals surface area contributed by atoms with Gasteiger partial charge < -0.3 is 0 Å². The molecule has 1 aromatic carbocycles. The molecule has 0 unspecified atom stereocenters. The van der Waals surface area contributed by atoms with Gasteiger partial charge in [-0.25, -0.2) is 4.98 Å². The SMILES string of the molecule is CSc1cccc(C#Cc2cccc(C)n2)c1. The molecule has 0 atom stereocenters. The second-order valence-corrected chi connectivity index (χ2v) is 4.53. The molecular formula is C15H13NS. The van der Waals surface area contributed by atoms with Gasteiger partial charge in [-0.05, 0) is 49.4 Å². The molecule has 0 spiro atoms. The van der Waals surface area contributed by atoms with Crippen molar-refractivity contribution in [3.05, 3.63) is 59.4 Å². The Morgan fingerprint density at radius 1 is 1.06 bits per heavy atom. The highest BCUT2D eigenvalue weighted by atomic mass is 32.2. The second kappa shape index (κ2) is 5.56. The van der Waals surface area contributed by atoms with E-state index in [0.717, 1.165) is 17.0 Å². The van der Waals surface area contributed by atoms with Crippen LogP contribution in [0.15, 0.2) is 47.4 Å². The zero-order valence-corrected chi connectivity index (χ0v) is 10.7. The van der Waals surface area contributed by atoms with Crippen molar-refractivity contribution in [3.63, 3.8) is 0 Å². The summed E-state index contributed by atoms with van der Waals surface area (Å²) >= 11 is 1.72. The number of thioether (sulfide) groups is 1. The normalized spacial score (nSPS) is 9.53. The summed E-state index contributed by atoms with van der Waals surface area (Å²) in [5.41, 5.74) is 2.84. The summed E-state index contributed by atoms with van der Waals surface area (Å²) in [6.45, 7) is 1.97. The molecule has 0 aliphatic rings. The third kappa shape index (κ3) is 3.37. The molecule has 0 saturated carbocycles. The predicted octanol–water partition coefficient (Wildman–Crippen LogP) is 3.51. The zero-order chi connectivity index (χ0) is 12.1. The molecule has 2 heteroatoms. The Hall–Kier alpha value is -1.72. The van der Waals surface area contributed by atoms with E-state index in [4.69, 9.17) is 0 Å². The van der Waals surface area contributed by atoms with Crippen molar-refractivity contribution >= 4 is 11.8 Å². The molecule has 1 heterocycles.